The van der Waals surface area contributed by atoms with E-state index in [9.17, 15) is 24.6 Å². The fourth-order valence-corrected chi connectivity index (χ4v) is 2.15. The van der Waals surface area contributed by atoms with Gasteiger partial charge in [-0.05, 0) is 17.7 Å². The minimum Gasteiger partial charge on any atom is -0.504 e. The second-order valence-corrected chi connectivity index (χ2v) is 4.75. The molecule has 5 N–H and O–H groups in total. The van der Waals surface area contributed by atoms with Crippen LogP contribution in [0.3, 0.4) is 0 Å². The summed E-state index contributed by atoms with van der Waals surface area (Å²) in [6, 6.07) is 3.11. The van der Waals surface area contributed by atoms with Gasteiger partial charge in [-0.2, -0.15) is 0 Å². The molecule has 0 spiro atoms. The molecule has 0 radical (unpaired) electrons. The summed E-state index contributed by atoms with van der Waals surface area (Å²) in [5, 5.41) is 21.1. The number of amides is 3. The Balaban J connectivity index is 2.23. The van der Waals surface area contributed by atoms with Crippen LogP contribution in [-0.2, 0) is 20.9 Å². The first-order chi connectivity index (χ1) is 9.88. The van der Waals surface area contributed by atoms with Crippen molar-refractivity contribution in [2.24, 2.45) is 5.73 Å². The lowest BCUT2D eigenvalue weighted by Gasteiger charge is -2.34. The zero-order valence-corrected chi connectivity index (χ0v) is 11.1. The quantitative estimate of drug-likeness (QED) is 0.517. The van der Waals surface area contributed by atoms with E-state index < -0.39 is 17.9 Å². The third kappa shape index (κ3) is 3.22. The van der Waals surface area contributed by atoms with Crippen LogP contribution in [0.1, 0.15) is 12.0 Å². The lowest BCUT2D eigenvalue weighted by molar-refractivity contribution is -0.147. The van der Waals surface area contributed by atoms with Gasteiger partial charge in [-0.3, -0.25) is 14.4 Å². The number of benzene rings is 1. The number of nitrogens with two attached hydrogens (primary N) is 1. The summed E-state index contributed by atoms with van der Waals surface area (Å²) in [5.74, 6) is -2.10. The number of hydrogen-bond donors (Lipinski definition) is 4. The fraction of sp³-hybridized carbons (Fsp3) is 0.308. The molecular formula is C13H15N3O5. The van der Waals surface area contributed by atoms with Crippen molar-refractivity contribution in [2.45, 2.75) is 19.0 Å². The van der Waals surface area contributed by atoms with Crippen molar-refractivity contribution in [1.29, 1.82) is 0 Å². The molecule has 3 amide bonds. The molecule has 1 heterocycles. The standard InChI is InChI=1S/C13H15N3O5/c14-11(19)4-8-13(21)15-5-12(20)16(8)6-7-1-2-9(17)10(18)3-7/h1-3,8,17-18H,4-6H2,(H2,14,19)(H,15,21). The Morgan fingerprint density at radius 3 is 2.67 bits per heavy atom. The molecular weight excluding hydrogens is 278 g/mol. The van der Waals surface area contributed by atoms with Crippen molar-refractivity contribution in [3.05, 3.63) is 23.8 Å². The van der Waals surface area contributed by atoms with Crippen LogP contribution in [0, 0.1) is 0 Å². The van der Waals surface area contributed by atoms with E-state index in [-0.39, 0.29) is 36.9 Å². The first-order valence-electron chi connectivity index (χ1n) is 6.25. The monoisotopic (exact) mass is 293 g/mol. The van der Waals surface area contributed by atoms with Gasteiger partial charge >= 0.3 is 0 Å². The maximum absolute atomic E-state index is 11.9. The van der Waals surface area contributed by atoms with E-state index in [0.29, 0.717) is 5.56 Å². The normalized spacial score (nSPS) is 18.5. The van der Waals surface area contributed by atoms with E-state index in [1.807, 2.05) is 0 Å². The van der Waals surface area contributed by atoms with Crippen molar-refractivity contribution in [3.8, 4) is 11.5 Å². The summed E-state index contributed by atoms with van der Waals surface area (Å²) in [4.78, 5) is 36.0. The van der Waals surface area contributed by atoms with Crippen LogP contribution >= 0.6 is 0 Å². The van der Waals surface area contributed by atoms with Gasteiger partial charge in [-0.25, -0.2) is 0 Å². The van der Waals surface area contributed by atoms with Crippen LogP contribution in [0.4, 0.5) is 0 Å². The minimum atomic E-state index is -0.973. The molecule has 0 aromatic heterocycles. The summed E-state index contributed by atoms with van der Waals surface area (Å²) < 4.78 is 0. The van der Waals surface area contributed by atoms with Crippen molar-refractivity contribution in [3.63, 3.8) is 0 Å². The van der Waals surface area contributed by atoms with Gasteiger partial charge in [-0.1, -0.05) is 6.07 Å². The maximum atomic E-state index is 11.9. The Hall–Kier alpha value is -2.77. The average Bonchev–Trinajstić information content (AvgIpc) is 2.41. The molecule has 0 bridgehead atoms. The third-order valence-corrected chi connectivity index (χ3v) is 3.20. The molecule has 1 aliphatic rings. The summed E-state index contributed by atoms with van der Waals surface area (Å²) >= 11 is 0. The lowest BCUT2D eigenvalue weighted by atomic mass is 10.1. The van der Waals surface area contributed by atoms with Crippen LogP contribution in [-0.4, -0.2) is 45.4 Å². The first kappa shape index (κ1) is 14.6. The minimum absolute atomic E-state index is 0.0258. The Kier molecular flexibility index (Phi) is 3.97. The molecule has 1 aromatic rings. The molecule has 112 valence electrons. The van der Waals surface area contributed by atoms with E-state index in [0.717, 1.165) is 0 Å². The molecule has 1 saturated heterocycles. The predicted molar refractivity (Wildman–Crippen MR) is 70.9 cm³/mol. The van der Waals surface area contributed by atoms with Crippen molar-refractivity contribution in [1.82, 2.24) is 10.2 Å². The van der Waals surface area contributed by atoms with E-state index >= 15 is 0 Å². The van der Waals surface area contributed by atoms with Gasteiger partial charge in [0.25, 0.3) is 0 Å². The van der Waals surface area contributed by atoms with Crippen LogP contribution < -0.4 is 11.1 Å². The van der Waals surface area contributed by atoms with E-state index in [4.69, 9.17) is 5.73 Å². The van der Waals surface area contributed by atoms with Crippen LogP contribution in [0.2, 0.25) is 0 Å². The van der Waals surface area contributed by atoms with E-state index in [1.165, 1.54) is 23.1 Å². The topological polar surface area (TPSA) is 133 Å². The highest BCUT2D eigenvalue weighted by Gasteiger charge is 2.35. The number of piperazine rings is 1. The second kappa shape index (κ2) is 5.70. The van der Waals surface area contributed by atoms with Gasteiger partial charge in [-0.15, -0.1) is 0 Å². The second-order valence-electron chi connectivity index (χ2n) is 4.75. The van der Waals surface area contributed by atoms with Gasteiger partial charge in [0.05, 0.1) is 13.0 Å². The van der Waals surface area contributed by atoms with Crippen LogP contribution in [0.5, 0.6) is 11.5 Å². The van der Waals surface area contributed by atoms with E-state index in [1.54, 1.807) is 0 Å². The van der Waals surface area contributed by atoms with Gasteiger partial charge < -0.3 is 26.2 Å². The number of nitrogens with one attached hydrogen (secondary N) is 1. The summed E-state index contributed by atoms with van der Waals surface area (Å²) in [7, 11) is 0. The van der Waals surface area contributed by atoms with Gasteiger partial charge in [0.1, 0.15) is 6.04 Å². The number of primary amides is 1. The molecule has 1 fully saturated rings. The Morgan fingerprint density at radius 2 is 2.05 bits per heavy atom. The summed E-state index contributed by atoms with van der Waals surface area (Å²) in [6.45, 7) is -0.129. The highest BCUT2D eigenvalue weighted by atomic mass is 16.3. The molecule has 1 aromatic carbocycles. The Labute approximate surface area is 120 Å². The van der Waals surface area contributed by atoms with Gasteiger partial charge in [0.2, 0.25) is 17.7 Å². The Morgan fingerprint density at radius 1 is 1.33 bits per heavy atom. The molecule has 1 aliphatic heterocycles. The number of carbonyl (C=O) groups excluding carboxylic acids is 3. The van der Waals surface area contributed by atoms with E-state index in [2.05, 4.69) is 5.32 Å². The first-order valence-corrected chi connectivity index (χ1v) is 6.25. The molecule has 2 rings (SSSR count). The SMILES string of the molecule is NC(=O)CC1C(=O)NCC(=O)N1Cc1ccc(O)c(O)c1. The van der Waals surface area contributed by atoms with Crippen molar-refractivity contribution < 1.29 is 24.6 Å². The largest absolute Gasteiger partial charge is 0.504 e. The highest BCUT2D eigenvalue weighted by molar-refractivity contribution is 5.97. The number of rotatable bonds is 4. The number of phenolic OH excluding ortho intramolecular Hbond substituents is 2. The zero-order valence-electron chi connectivity index (χ0n) is 11.1. The predicted octanol–water partition coefficient (Wildman–Crippen LogP) is -1.20. The Bertz CT molecular complexity index is 601. The number of phenols is 2. The highest BCUT2D eigenvalue weighted by Crippen LogP contribution is 2.26. The lowest BCUT2D eigenvalue weighted by Crippen LogP contribution is -2.58. The van der Waals surface area contributed by atoms with Gasteiger partial charge in [0, 0.05) is 6.54 Å². The molecule has 8 nitrogen and oxygen atoms in total. The third-order valence-electron chi connectivity index (χ3n) is 3.20. The number of aromatic hydroxyl groups is 2. The number of nitrogens with zero attached hydrogens (tertiary/aromatic N) is 1. The molecule has 21 heavy (non-hydrogen) atoms. The molecule has 0 saturated carbocycles. The van der Waals surface area contributed by atoms with Crippen LogP contribution in [0.25, 0.3) is 0 Å². The number of carbonyl (C=O) groups is 3. The molecule has 1 unspecified atom stereocenters. The molecule has 1 atom stereocenters. The van der Waals surface area contributed by atoms with Crippen molar-refractivity contribution >= 4 is 17.7 Å². The zero-order chi connectivity index (χ0) is 15.6. The molecule has 8 heteroatoms. The van der Waals surface area contributed by atoms with Crippen molar-refractivity contribution in [2.75, 3.05) is 6.54 Å². The fourth-order valence-electron chi connectivity index (χ4n) is 2.15. The van der Waals surface area contributed by atoms with Crippen LogP contribution in [0.15, 0.2) is 18.2 Å². The summed E-state index contributed by atoms with van der Waals surface area (Å²) in [5.41, 5.74) is 5.62. The average molecular weight is 293 g/mol. The maximum Gasteiger partial charge on any atom is 0.243 e. The number of hydrogen-bond acceptors (Lipinski definition) is 5. The smallest absolute Gasteiger partial charge is 0.243 e. The van der Waals surface area contributed by atoms with Gasteiger partial charge in [0.15, 0.2) is 11.5 Å². The summed E-state index contributed by atoms with van der Waals surface area (Å²) in [6.07, 6.45) is -0.276. The molecule has 0 aliphatic carbocycles.